The van der Waals surface area contributed by atoms with Crippen molar-refractivity contribution >= 4 is 35.1 Å². The molecule has 3 aromatic rings. The molecule has 0 aliphatic carbocycles. The van der Waals surface area contributed by atoms with Gasteiger partial charge >= 0.3 is 5.97 Å². The highest BCUT2D eigenvalue weighted by Crippen LogP contribution is 2.33. The van der Waals surface area contributed by atoms with Crippen molar-refractivity contribution in [3.63, 3.8) is 0 Å². The highest BCUT2D eigenvalue weighted by Gasteiger charge is 2.36. The van der Waals surface area contributed by atoms with Crippen molar-refractivity contribution < 1.29 is 24.5 Å². The molecular weight excluding hydrogens is 505 g/mol. The van der Waals surface area contributed by atoms with Crippen molar-refractivity contribution in [3.8, 4) is 11.6 Å². The van der Waals surface area contributed by atoms with Crippen LogP contribution in [0.25, 0.3) is 5.69 Å². The molecule has 0 aliphatic heterocycles. The number of amides is 1. The summed E-state index contributed by atoms with van der Waals surface area (Å²) in [5, 5.41) is 27.8. The number of para-hydroxylation sites is 1. The highest BCUT2D eigenvalue weighted by atomic mass is 35.5. The zero-order chi connectivity index (χ0) is 26.7. The number of aromatic nitrogens is 2. The predicted octanol–water partition coefficient (Wildman–Crippen LogP) is 5.30. The number of aliphatic hydroxyl groups is 1. The standard InChI is InChI=1S/C26H29Cl2N3O5/c1-25(2,3)26(4,35)15-36-21-13-20(30-31(21)16-9-6-5-7-10-16)24(34)29-19(14-22(32)33)17-11-8-12-18(27)23(17)28/h5-13,19,35H,14-15H2,1-4H3,(H,29,34)(H,32,33)/t19-,26+/m0/s1. The van der Waals surface area contributed by atoms with Gasteiger partial charge < -0.3 is 20.3 Å². The molecular formula is C26H29Cl2N3O5. The molecule has 0 unspecified atom stereocenters. The van der Waals surface area contributed by atoms with E-state index in [9.17, 15) is 19.8 Å². The number of ether oxygens (including phenoxy) is 1. The molecule has 0 fully saturated rings. The fraction of sp³-hybridized carbons (Fsp3) is 0.346. The van der Waals surface area contributed by atoms with Crippen LogP contribution in [-0.4, -0.2) is 44.1 Å². The van der Waals surface area contributed by atoms with Gasteiger partial charge in [0, 0.05) is 6.07 Å². The fourth-order valence-electron chi connectivity index (χ4n) is 3.20. The Morgan fingerprint density at radius 2 is 1.75 bits per heavy atom. The van der Waals surface area contributed by atoms with Crippen LogP contribution in [-0.2, 0) is 4.79 Å². The zero-order valence-corrected chi connectivity index (χ0v) is 22.0. The van der Waals surface area contributed by atoms with E-state index in [2.05, 4.69) is 10.4 Å². The highest BCUT2D eigenvalue weighted by molar-refractivity contribution is 6.42. The third kappa shape index (κ3) is 6.37. The average Bonchev–Trinajstić information content (AvgIpc) is 3.23. The number of carboxylic acid groups (broad SMARTS) is 1. The number of nitrogens with one attached hydrogen (secondary N) is 1. The fourth-order valence-corrected chi connectivity index (χ4v) is 3.64. The minimum atomic E-state index is -1.17. The number of aliphatic carboxylic acids is 1. The van der Waals surface area contributed by atoms with Crippen LogP contribution in [0, 0.1) is 5.41 Å². The van der Waals surface area contributed by atoms with Crippen molar-refractivity contribution in [1.29, 1.82) is 0 Å². The van der Waals surface area contributed by atoms with E-state index < -0.39 is 35.4 Å². The summed E-state index contributed by atoms with van der Waals surface area (Å²) in [5.74, 6) is -1.51. The van der Waals surface area contributed by atoms with Gasteiger partial charge in [-0.2, -0.15) is 5.10 Å². The number of hydrogen-bond acceptors (Lipinski definition) is 5. The first-order valence-electron chi connectivity index (χ1n) is 11.3. The van der Waals surface area contributed by atoms with Gasteiger partial charge in [-0.25, -0.2) is 4.68 Å². The van der Waals surface area contributed by atoms with Crippen molar-refractivity contribution in [3.05, 3.63) is 75.9 Å². The molecule has 10 heteroatoms. The smallest absolute Gasteiger partial charge is 0.305 e. The maximum atomic E-state index is 13.2. The molecule has 8 nitrogen and oxygen atoms in total. The molecule has 0 saturated carbocycles. The number of nitrogens with zero attached hydrogens (tertiary/aromatic N) is 2. The number of halogens is 2. The maximum Gasteiger partial charge on any atom is 0.305 e. The van der Waals surface area contributed by atoms with E-state index in [-0.39, 0.29) is 28.2 Å². The van der Waals surface area contributed by atoms with E-state index in [1.54, 1.807) is 37.3 Å². The normalized spacial score (nSPS) is 14.1. The van der Waals surface area contributed by atoms with Crippen molar-refractivity contribution in [2.75, 3.05) is 6.61 Å². The Kier molecular flexibility index (Phi) is 8.33. The Balaban J connectivity index is 1.94. The van der Waals surface area contributed by atoms with Crippen LogP contribution >= 0.6 is 23.2 Å². The molecule has 1 aromatic heterocycles. The summed E-state index contributed by atoms with van der Waals surface area (Å²) >= 11 is 12.4. The molecule has 0 bridgehead atoms. The summed E-state index contributed by atoms with van der Waals surface area (Å²) < 4.78 is 7.39. The zero-order valence-electron chi connectivity index (χ0n) is 20.5. The Bertz CT molecular complexity index is 1240. The SMILES string of the molecule is CC(C)(C)[C@](C)(O)COc1cc(C(=O)N[C@@H](CC(=O)O)c2cccc(Cl)c2Cl)nn1-c1ccccc1. The lowest BCUT2D eigenvalue weighted by Gasteiger charge is -2.36. The van der Waals surface area contributed by atoms with Crippen LogP contribution in [0.1, 0.15) is 56.2 Å². The lowest BCUT2D eigenvalue weighted by molar-refractivity contribution is -0.137. The van der Waals surface area contributed by atoms with Gasteiger partial charge in [0.05, 0.1) is 28.2 Å². The molecule has 192 valence electrons. The summed E-state index contributed by atoms with van der Waals surface area (Å²) in [5.41, 5.74) is -0.623. The Hall–Kier alpha value is -3.07. The third-order valence-corrected chi connectivity index (χ3v) is 6.90. The molecule has 1 heterocycles. The van der Waals surface area contributed by atoms with Crippen molar-refractivity contribution in [2.45, 2.75) is 45.8 Å². The van der Waals surface area contributed by atoms with Crippen LogP contribution in [0.2, 0.25) is 10.0 Å². The molecule has 2 aromatic carbocycles. The summed E-state index contributed by atoms with van der Waals surface area (Å²) in [6.07, 6.45) is -0.414. The molecule has 1 amide bonds. The van der Waals surface area contributed by atoms with Gasteiger partial charge in [-0.05, 0) is 36.1 Å². The Morgan fingerprint density at radius 3 is 2.36 bits per heavy atom. The summed E-state index contributed by atoms with van der Waals surface area (Å²) in [4.78, 5) is 24.7. The van der Waals surface area contributed by atoms with E-state index in [0.717, 1.165) is 0 Å². The summed E-state index contributed by atoms with van der Waals surface area (Å²) in [6.45, 7) is 7.32. The number of hydrogen-bond donors (Lipinski definition) is 3. The van der Waals surface area contributed by atoms with Gasteiger partial charge in [0.25, 0.3) is 5.91 Å². The lowest BCUT2D eigenvalue weighted by Crippen LogP contribution is -2.45. The summed E-state index contributed by atoms with van der Waals surface area (Å²) in [7, 11) is 0. The van der Waals surface area contributed by atoms with E-state index in [1.807, 2.05) is 39.0 Å². The van der Waals surface area contributed by atoms with Gasteiger partial charge in [0.15, 0.2) is 5.69 Å². The molecule has 0 saturated heterocycles. The van der Waals surface area contributed by atoms with Crippen LogP contribution in [0.5, 0.6) is 5.88 Å². The summed E-state index contributed by atoms with van der Waals surface area (Å²) in [6, 6.07) is 14.4. The van der Waals surface area contributed by atoms with Crippen molar-refractivity contribution in [2.24, 2.45) is 5.41 Å². The van der Waals surface area contributed by atoms with Gasteiger partial charge in [0.1, 0.15) is 12.2 Å². The van der Waals surface area contributed by atoms with Crippen LogP contribution in [0.3, 0.4) is 0 Å². The number of rotatable bonds is 9. The minimum Gasteiger partial charge on any atom is -0.481 e. The lowest BCUT2D eigenvalue weighted by atomic mass is 9.78. The van der Waals surface area contributed by atoms with E-state index in [1.165, 1.54) is 10.7 Å². The Morgan fingerprint density at radius 1 is 1.08 bits per heavy atom. The minimum absolute atomic E-state index is 0.00204. The average molecular weight is 534 g/mol. The van der Waals surface area contributed by atoms with E-state index in [0.29, 0.717) is 11.3 Å². The van der Waals surface area contributed by atoms with Crippen molar-refractivity contribution in [1.82, 2.24) is 15.1 Å². The van der Waals surface area contributed by atoms with Gasteiger partial charge in [-0.1, -0.05) is 74.3 Å². The monoisotopic (exact) mass is 533 g/mol. The van der Waals surface area contributed by atoms with Gasteiger partial charge in [0.2, 0.25) is 5.88 Å². The number of carbonyl (C=O) groups excluding carboxylic acids is 1. The van der Waals surface area contributed by atoms with Crippen LogP contribution in [0.4, 0.5) is 0 Å². The predicted molar refractivity (Wildman–Crippen MR) is 138 cm³/mol. The van der Waals surface area contributed by atoms with Crippen LogP contribution in [0.15, 0.2) is 54.6 Å². The molecule has 3 N–H and O–H groups in total. The van der Waals surface area contributed by atoms with E-state index >= 15 is 0 Å². The number of benzene rings is 2. The molecule has 36 heavy (non-hydrogen) atoms. The maximum absolute atomic E-state index is 13.2. The van der Waals surface area contributed by atoms with E-state index in [4.69, 9.17) is 27.9 Å². The second-order valence-corrected chi connectivity index (χ2v) is 10.5. The molecule has 0 spiro atoms. The second-order valence-electron chi connectivity index (χ2n) is 9.69. The first kappa shape index (κ1) is 27.5. The first-order valence-corrected chi connectivity index (χ1v) is 12.0. The number of carboxylic acids is 1. The second kappa shape index (κ2) is 10.9. The quantitative estimate of drug-likeness (QED) is 0.343. The third-order valence-electron chi connectivity index (χ3n) is 6.07. The molecule has 0 radical (unpaired) electrons. The van der Waals surface area contributed by atoms with Gasteiger partial charge in [-0.15, -0.1) is 0 Å². The largest absolute Gasteiger partial charge is 0.481 e. The van der Waals surface area contributed by atoms with Gasteiger partial charge in [-0.3, -0.25) is 9.59 Å². The number of carbonyl (C=O) groups is 2. The molecule has 0 aliphatic rings. The topological polar surface area (TPSA) is 114 Å². The first-order chi connectivity index (χ1) is 16.8. The Labute approximate surface area is 219 Å². The van der Waals surface area contributed by atoms with Crippen LogP contribution < -0.4 is 10.1 Å². The molecule has 3 rings (SSSR count). The molecule has 2 atom stereocenters.